The molecule has 1 saturated heterocycles. The second kappa shape index (κ2) is 13.0. The van der Waals surface area contributed by atoms with Gasteiger partial charge in [-0.25, -0.2) is 0 Å². The molecule has 6 heteroatoms. The molecule has 34 heavy (non-hydrogen) atoms. The Morgan fingerprint density at radius 1 is 1.06 bits per heavy atom. The van der Waals surface area contributed by atoms with Crippen molar-refractivity contribution in [3.05, 3.63) is 59.7 Å². The maximum Gasteiger partial charge on any atom is 0.254 e. The van der Waals surface area contributed by atoms with E-state index in [-0.39, 0.29) is 5.91 Å². The zero-order valence-electron chi connectivity index (χ0n) is 21.0. The number of carbonyl (C=O) groups is 1. The fourth-order valence-corrected chi connectivity index (χ4v) is 4.50. The Morgan fingerprint density at radius 2 is 1.76 bits per heavy atom. The molecule has 1 amide bonds. The Hall–Kier alpha value is -2.99. The number of methoxy groups -OCH3 is 3. The lowest BCUT2D eigenvalue weighted by Crippen LogP contribution is -2.40. The van der Waals surface area contributed by atoms with E-state index >= 15 is 0 Å². The number of likely N-dealkylation sites (tertiary alicyclic amines) is 1. The molecule has 0 radical (unpaired) electrons. The summed E-state index contributed by atoms with van der Waals surface area (Å²) in [4.78, 5) is 18.0. The predicted molar refractivity (Wildman–Crippen MR) is 137 cm³/mol. The molecule has 1 heterocycles. The molecule has 0 N–H and O–H groups in total. The van der Waals surface area contributed by atoms with E-state index in [1.165, 1.54) is 19.3 Å². The molecule has 184 valence electrons. The summed E-state index contributed by atoms with van der Waals surface area (Å²) in [7, 11) is 4.68. The SMILES string of the molecule is COc1cc(C(=O)N(C/C=C\c2ccccc2)CCCN2CCCCC2C)cc(OC)c1OC. The second-order valence-electron chi connectivity index (χ2n) is 8.71. The summed E-state index contributed by atoms with van der Waals surface area (Å²) in [6.45, 7) is 5.66. The Morgan fingerprint density at radius 3 is 2.38 bits per heavy atom. The lowest BCUT2D eigenvalue weighted by atomic mass is 10.0. The first-order chi connectivity index (χ1) is 16.6. The molecule has 1 aliphatic heterocycles. The zero-order chi connectivity index (χ0) is 24.3. The lowest BCUT2D eigenvalue weighted by molar-refractivity contribution is 0.0758. The van der Waals surface area contributed by atoms with Crippen molar-refractivity contribution in [3.63, 3.8) is 0 Å². The number of piperidine rings is 1. The molecule has 2 aromatic rings. The van der Waals surface area contributed by atoms with Gasteiger partial charge < -0.3 is 24.0 Å². The Bertz CT molecular complexity index is 920. The minimum absolute atomic E-state index is 0.0522. The van der Waals surface area contributed by atoms with Gasteiger partial charge in [-0.15, -0.1) is 0 Å². The van der Waals surface area contributed by atoms with Gasteiger partial charge in [0.2, 0.25) is 5.75 Å². The number of carbonyl (C=O) groups excluding carboxylic acids is 1. The largest absolute Gasteiger partial charge is 0.493 e. The molecular formula is C28H38N2O4. The van der Waals surface area contributed by atoms with Gasteiger partial charge in [0.05, 0.1) is 21.3 Å². The van der Waals surface area contributed by atoms with Crippen molar-refractivity contribution in [1.29, 1.82) is 0 Å². The van der Waals surface area contributed by atoms with Gasteiger partial charge in [0.15, 0.2) is 11.5 Å². The van der Waals surface area contributed by atoms with E-state index in [1.807, 2.05) is 23.1 Å². The Kier molecular flexibility index (Phi) is 9.83. The number of hydrogen-bond donors (Lipinski definition) is 0. The molecule has 1 aliphatic rings. The highest BCUT2D eigenvalue weighted by Crippen LogP contribution is 2.38. The second-order valence-corrected chi connectivity index (χ2v) is 8.71. The molecule has 0 saturated carbocycles. The smallest absolute Gasteiger partial charge is 0.254 e. The third-order valence-corrected chi connectivity index (χ3v) is 6.45. The fourth-order valence-electron chi connectivity index (χ4n) is 4.50. The van der Waals surface area contributed by atoms with Crippen LogP contribution in [-0.2, 0) is 0 Å². The third kappa shape index (κ3) is 6.76. The number of ether oxygens (including phenoxy) is 3. The quantitative estimate of drug-likeness (QED) is 0.459. The minimum atomic E-state index is -0.0522. The van der Waals surface area contributed by atoms with Gasteiger partial charge in [-0.3, -0.25) is 4.79 Å². The third-order valence-electron chi connectivity index (χ3n) is 6.45. The van der Waals surface area contributed by atoms with Crippen LogP contribution in [0.25, 0.3) is 6.08 Å². The molecule has 6 nitrogen and oxygen atoms in total. The van der Waals surface area contributed by atoms with Crippen molar-refractivity contribution in [3.8, 4) is 17.2 Å². The summed E-state index contributed by atoms with van der Waals surface area (Å²) in [5, 5.41) is 0. The number of amides is 1. The van der Waals surface area contributed by atoms with E-state index in [9.17, 15) is 4.79 Å². The number of rotatable bonds is 11. The summed E-state index contributed by atoms with van der Waals surface area (Å²) < 4.78 is 16.3. The lowest BCUT2D eigenvalue weighted by Gasteiger charge is -2.34. The van der Waals surface area contributed by atoms with E-state index in [0.29, 0.717) is 41.9 Å². The maximum absolute atomic E-state index is 13.6. The zero-order valence-corrected chi connectivity index (χ0v) is 21.0. The van der Waals surface area contributed by atoms with Gasteiger partial charge in [-0.05, 0) is 50.4 Å². The highest BCUT2D eigenvalue weighted by atomic mass is 16.5. The molecule has 0 bridgehead atoms. The minimum Gasteiger partial charge on any atom is -0.493 e. The van der Waals surface area contributed by atoms with Crippen molar-refractivity contribution in [2.24, 2.45) is 0 Å². The Balaban J connectivity index is 1.77. The van der Waals surface area contributed by atoms with Gasteiger partial charge in [-0.2, -0.15) is 0 Å². The number of hydrogen-bond acceptors (Lipinski definition) is 5. The highest BCUT2D eigenvalue weighted by Gasteiger charge is 2.22. The van der Waals surface area contributed by atoms with Crippen molar-refractivity contribution in [2.45, 2.75) is 38.6 Å². The van der Waals surface area contributed by atoms with Crippen LogP contribution in [0, 0.1) is 0 Å². The van der Waals surface area contributed by atoms with Crippen LogP contribution in [0.1, 0.15) is 48.5 Å². The van der Waals surface area contributed by atoms with E-state index < -0.39 is 0 Å². The molecular weight excluding hydrogens is 428 g/mol. The molecule has 0 spiro atoms. The van der Waals surface area contributed by atoms with Crippen LogP contribution in [0.15, 0.2) is 48.5 Å². The number of nitrogens with zero attached hydrogens (tertiary/aromatic N) is 2. The molecule has 1 atom stereocenters. The molecule has 2 aromatic carbocycles. The van der Waals surface area contributed by atoms with Gasteiger partial charge >= 0.3 is 0 Å². The van der Waals surface area contributed by atoms with Gasteiger partial charge in [-0.1, -0.05) is 48.9 Å². The van der Waals surface area contributed by atoms with Crippen LogP contribution in [0.3, 0.4) is 0 Å². The van der Waals surface area contributed by atoms with E-state index in [1.54, 1.807) is 33.5 Å². The average Bonchev–Trinajstić information content (AvgIpc) is 2.88. The van der Waals surface area contributed by atoms with E-state index in [4.69, 9.17) is 14.2 Å². The summed E-state index contributed by atoms with van der Waals surface area (Å²) in [6, 6.07) is 14.2. The van der Waals surface area contributed by atoms with Crippen molar-refractivity contribution >= 4 is 12.0 Å². The summed E-state index contributed by atoms with van der Waals surface area (Å²) >= 11 is 0. The molecule has 0 aromatic heterocycles. The predicted octanol–water partition coefficient (Wildman–Crippen LogP) is 5.13. The van der Waals surface area contributed by atoms with Gasteiger partial charge in [0.25, 0.3) is 5.91 Å². The summed E-state index contributed by atoms with van der Waals surface area (Å²) in [6.07, 6.45) is 8.87. The van der Waals surface area contributed by atoms with Gasteiger partial charge in [0, 0.05) is 31.2 Å². The molecule has 0 aliphatic carbocycles. The van der Waals surface area contributed by atoms with Crippen LogP contribution in [-0.4, -0.2) is 69.3 Å². The van der Waals surface area contributed by atoms with Crippen LogP contribution in [0.4, 0.5) is 0 Å². The van der Waals surface area contributed by atoms with Crippen LogP contribution in [0.2, 0.25) is 0 Å². The van der Waals surface area contributed by atoms with Crippen molar-refractivity contribution in [2.75, 3.05) is 47.5 Å². The van der Waals surface area contributed by atoms with Crippen LogP contribution in [0.5, 0.6) is 17.2 Å². The Labute approximate surface area is 204 Å². The summed E-state index contributed by atoms with van der Waals surface area (Å²) in [5.41, 5.74) is 1.64. The number of benzene rings is 2. The fraction of sp³-hybridized carbons (Fsp3) is 0.464. The van der Waals surface area contributed by atoms with Crippen LogP contribution >= 0.6 is 0 Å². The average molecular weight is 467 g/mol. The van der Waals surface area contributed by atoms with Crippen molar-refractivity contribution < 1.29 is 19.0 Å². The first kappa shape index (κ1) is 25.6. The molecule has 3 rings (SSSR count). The normalized spacial score (nSPS) is 16.4. The molecule has 1 unspecified atom stereocenters. The van der Waals surface area contributed by atoms with Crippen LogP contribution < -0.4 is 14.2 Å². The van der Waals surface area contributed by atoms with Gasteiger partial charge in [0.1, 0.15) is 0 Å². The standard InChI is InChI=1S/C28H38N2O4/c1-22-12-8-9-16-29(22)18-11-19-30(17-10-15-23-13-6-5-7-14-23)28(31)24-20-25(32-2)27(34-4)26(21-24)33-3/h5-7,10,13-15,20-22H,8-9,11-12,16-19H2,1-4H3/b15-10-. The topological polar surface area (TPSA) is 51.2 Å². The highest BCUT2D eigenvalue weighted by molar-refractivity contribution is 5.95. The first-order valence-corrected chi connectivity index (χ1v) is 12.1. The maximum atomic E-state index is 13.6. The first-order valence-electron chi connectivity index (χ1n) is 12.1. The summed E-state index contributed by atoms with van der Waals surface area (Å²) in [5.74, 6) is 1.39. The molecule has 1 fully saturated rings. The van der Waals surface area contributed by atoms with Crippen molar-refractivity contribution in [1.82, 2.24) is 9.80 Å². The monoisotopic (exact) mass is 466 g/mol. The van der Waals surface area contributed by atoms with E-state index in [0.717, 1.165) is 25.1 Å². The van der Waals surface area contributed by atoms with E-state index in [2.05, 4.69) is 36.1 Å².